The second kappa shape index (κ2) is 5.75. The summed E-state index contributed by atoms with van der Waals surface area (Å²) in [5, 5.41) is 9.43. The normalized spacial score (nSPS) is 10.4. The molecule has 0 bridgehead atoms. The van der Waals surface area contributed by atoms with Gasteiger partial charge in [0.05, 0.1) is 6.61 Å². The lowest BCUT2D eigenvalue weighted by Gasteiger charge is -2.09. The van der Waals surface area contributed by atoms with Crippen LogP contribution in [0.5, 0.6) is 5.75 Å². The molecule has 19 heavy (non-hydrogen) atoms. The highest BCUT2D eigenvalue weighted by Gasteiger charge is 2.12. The summed E-state index contributed by atoms with van der Waals surface area (Å²) in [6.45, 7) is 0.354. The Morgan fingerprint density at radius 1 is 1.53 bits per heavy atom. The van der Waals surface area contributed by atoms with Crippen LogP contribution in [0.25, 0.3) is 0 Å². The standard InChI is InChI=1S/C13H13ClN2O3/c1-16-6-5-15-12(16)4-7-19-11-3-2-9(14)8-10(11)13(17)18/h2-3,5-6,8H,4,7H2,1H3,(H,17,18). The van der Waals surface area contributed by atoms with Gasteiger partial charge in [-0.25, -0.2) is 9.78 Å². The van der Waals surface area contributed by atoms with Crippen molar-refractivity contribution in [2.45, 2.75) is 6.42 Å². The smallest absolute Gasteiger partial charge is 0.339 e. The highest BCUT2D eigenvalue weighted by Crippen LogP contribution is 2.23. The van der Waals surface area contributed by atoms with Crippen LogP contribution in [0.4, 0.5) is 0 Å². The highest BCUT2D eigenvalue weighted by molar-refractivity contribution is 6.31. The zero-order chi connectivity index (χ0) is 13.8. The van der Waals surface area contributed by atoms with E-state index >= 15 is 0 Å². The number of rotatable bonds is 5. The Balaban J connectivity index is 2.03. The number of ether oxygens (including phenoxy) is 1. The van der Waals surface area contributed by atoms with Crippen molar-refractivity contribution in [1.29, 1.82) is 0 Å². The average molecular weight is 281 g/mol. The summed E-state index contributed by atoms with van der Waals surface area (Å²) in [7, 11) is 1.90. The average Bonchev–Trinajstić information content (AvgIpc) is 2.77. The van der Waals surface area contributed by atoms with Crippen molar-refractivity contribution in [3.8, 4) is 5.75 Å². The third-order valence-corrected chi connectivity index (χ3v) is 2.91. The van der Waals surface area contributed by atoms with Gasteiger partial charge in [-0.1, -0.05) is 11.6 Å². The summed E-state index contributed by atoms with van der Waals surface area (Å²) >= 11 is 5.76. The zero-order valence-corrected chi connectivity index (χ0v) is 11.1. The number of carboxylic acids is 1. The Labute approximate surface area is 115 Å². The highest BCUT2D eigenvalue weighted by atomic mass is 35.5. The van der Waals surface area contributed by atoms with Crippen LogP contribution < -0.4 is 4.74 Å². The molecule has 0 aliphatic carbocycles. The van der Waals surface area contributed by atoms with Crippen molar-refractivity contribution in [3.63, 3.8) is 0 Å². The first-order valence-corrected chi connectivity index (χ1v) is 6.07. The third-order valence-electron chi connectivity index (χ3n) is 2.68. The van der Waals surface area contributed by atoms with Gasteiger partial charge in [-0.3, -0.25) is 0 Å². The van der Waals surface area contributed by atoms with Gasteiger partial charge in [0.2, 0.25) is 0 Å². The van der Waals surface area contributed by atoms with Gasteiger partial charge in [0.25, 0.3) is 0 Å². The summed E-state index contributed by atoms with van der Waals surface area (Å²) in [6.07, 6.45) is 4.16. The van der Waals surface area contributed by atoms with Gasteiger partial charge in [0, 0.05) is 30.9 Å². The topological polar surface area (TPSA) is 64.4 Å². The lowest BCUT2D eigenvalue weighted by Crippen LogP contribution is -2.09. The lowest BCUT2D eigenvalue weighted by atomic mass is 10.2. The molecule has 2 rings (SSSR count). The van der Waals surface area contributed by atoms with Crippen molar-refractivity contribution >= 4 is 17.6 Å². The van der Waals surface area contributed by atoms with E-state index in [2.05, 4.69) is 4.98 Å². The second-order valence-electron chi connectivity index (χ2n) is 4.00. The number of aromatic carboxylic acids is 1. The van der Waals surface area contributed by atoms with Gasteiger partial charge in [0.1, 0.15) is 17.1 Å². The Bertz CT molecular complexity index is 595. The van der Waals surface area contributed by atoms with Gasteiger partial charge >= 0.3 is 5.97 Å². The van der Waals surface area contributed by atoms with E-state index in [-0.39, 0.29) is 5.56 Å². The fraction of sp³-hybridized carbons (Fsp3) is 0.231. The molecule has 6 heteroatoms. The predicted molar refractivity (Wildman–Crippen MR) is 70.8 cm³/mol. The number of benzene rings is 1. The lowest BCUT2D eigenvalue weighted by molar-refractivity contribution is 0.0692. The van der Waals surface area contributed by atoms with Crippen molar-refractivity contribution in [1.82, 2.24) is 9.55 Å². The first kappa shape index (κ1) is 13.4. The van der Waals surface area contributed by atoms with Crippen LogP contribution in [0.1, 0.15) is 16.2 Å². The van der Waals surface area contributed by atoms with E-state index in [1.54, 1.807) is 18.3 Å². The number of hydrogen-bond acceptors (Lipinski definition) is 3. The summed E-state index contributed by atoms with van der Waals surface area (Å²) in [6, 6.07) is 4.54. The molecule has 5 nitrogen and oxygen atoms in total. The Kier molecular flexibility index (Phi) is 4.06. The van der Waals surface area contributed by atoms with Crippen LogP contribution in [0.15, 0.2) is 30.6 Å². The minimum Gasteiger partial charge on any atom is -0.492 e. The molecule has 1 N–H and O–H groups in total. The summed E-state index contributed by atoms with van der Waals surface area (Å²) in [5.41, 5.74) is 0.0624. The van der Waals surface area contributed by atoms with Gasteiger partial charge in [-0.05, 0) is 18.2 Å². The van der Waals surface area contributed by atoms with E-state index in [4.69, 9.17) is 21.4 Å². The van der Waals surface area contributed by atoms with Gasteiger partial charge in [-0.2, -0.15) is 0 Å². The molecule has 0 aliphatic heterocycles. The molecule has 2 aromatic rings. The number of imidazole rings is 1. The number of hydrogen-bond donors (Lipinski definition) is 1. The molecule has 0 aliphatic rings. The summed E-state index contributed by atoms with van der Waals surface area (Å²) in [5.74, 6) is 0.131. The molecule has 100 valence electrons. The van der Waals surface area contributed by atoms with Crippen LogP contribution in [0, 0.1) is 0 Å². The first-order valence-electron chi connectivity index (χ1n) is 5.70. The first-order chi connectivity index (χ1) is 9.08. The number of nitrogens with zero attached hydrogens (tertiary/aromatic N) is 2. The molecule has 0 unspecified atom stereocenters. The quantitative estimate of drug-likeness (QED) is 0.913. The van der Waals surface area contributed by atoms with Crippen molar-refractivity contribution in [3.05, 3.63) is 47.0 Å². The number of aromatic nitrogens is 2. The van der Waals surface area contributed by atoms with Crippen molar-refractivity contribution in [2.75, 3.05) is 6.61 Å². The molecular formula is C13H13ClN2O3. The maximum Gasteiger partial charge on any atom is 0.339 e. The number of aryl methyl sites for hydroxylation is 1. The zero-order valence-electron chi connectivity index (χ0n) is 10.3. The molecule has 0 spiro atoms. The van der Waals surface area contributed by atoms with E-state index in [9.17, 15) is 4.79 Å². The number of carboxylic acid groups (broad SMARTS) is 1. The van der Waals surface area contributed by atoms with Crippen LogP contribution in [-0.2, 0) is 13.5 Å². The Morgan fingerprint density at radius 2 is 2.32 bits per heavy atom. The fourth-order valence-electron chi connectivity index (χ4n) is 1.68. The molecule has 0 saturated carbocycles. The molecule has 0 saturated heterocycles. The van der Waals surface area contributed by atoms with Crippen LogP contribution in [-0.4, -0.2) is 27.2 Å². The van der Waals surface area contributed by atoms with E-state index < -0.39 is 5.97 Å². The van der Waals surface area contributed by atoms with E-state index in [0.717, 1.165) is 5.82 Å². The minimum atomic E-state index is -1.06. The molecule has 1 heterocycles. The van der Waals surface area contributed by atoms with Gasteiger partial charge in [-0.15, -0.1) is 0 Å². The number of carbonyl (C=O) groups is 1. The van der Waals surface area contributed by atoms with Crippen LogP contribution >= 0.6 is 11.6 Å². The van der Waals surface area contributed by atoms with Crippen molar-refractivity contribution in [2.24, 2.45) is 7.05 Å². The Morgan fingerprint density at radius 3 is 2.95 bits per heavy atom. The largest absolute Gasteiger partial charge is 0.492 e. The Hall–Kier alpha value is -2.01. The van der Waals surface area contributed by atoms with Crippen LogP contribution in [0.3, 0.4) is 0 Å². The molecule has 1 aromatic carbocycles. The van der Waals surface area contributed by atoms with E-state index in [1.807, 2.05) is 17.8 Å². The fourth-order valence-corrected chi connectivity index (χ4v) is 1.86. The van der Waals surface area contributed by atoms with E-state index in [0.29, 0.717) is 23.8 Å². The SMILES string of the molecule is Cn1ccnc1CCOc1ccc(Cl)cc1C(=O)O. The molecule has 1 aromatic heterocycles. The molecular weight excluding hydrogens is 268 g/mol. The van der Waals surface area contributed by atoms with E-state index in [1.165, 1.54) is 6.07 Å². The van der Waals surface area contributed by atoms with Gasteiger partial charge in [0.15, 0.2) is 0 Å². The minimum absolute atomic E-state index is 0.0624. The predicted octanol–water partition coefficient (Wildman–Crippen LogP) is 2.39. The number of halogens is 1. The third kappa shape index (κ3) is 3.26. The molecule has 0 radical (unpaired) electrons. The van der Waals surface area contributed by atoms with Crippen LogP contribution in [0.2, 0.25) is 5.02 Å². The maximum atomic E-state index is 11.1. The maximum absolute atomic E-state index is 11.1. The molecule has 0 amide bonds. The summed E-state index contributed by atoms with van der Waals surface area (Å²) in [4.78, 5) is 15.2. The molecule has 0 atom stereocenters. The molecule has 0 fully saturated rings. The van der Waals surface area contributed by atoms with Crippen molar-refractivity contribution < 1.29 is 14.6 Å². The van der Waals surface area contributed by atoms with Gasteiger partial charge < -0.3 is 14.4 Å². The monoisotopic (exact) mass is 280 g/mol. The summed E-state index contributed by atoms with van der Waals surface area (Å²) < 4.78 is 7.38. The second-order valence-corrected chi connectivity index (χ2v) is 4.43.